The summed E-state index contributed by atoms with van der Waals surface area (Å²) in [6.45, 7) is 0. The van der Waals surface area contributed by atoms with Gasteiger partial charge >= 0.3 is 12.4 Å². The second-order valence-corrected chi connectivity index (χ2v) is 12.8. The molecule has 0 unspecified atom stereocenters. The Balaban J connectivity index is 1.64. The third-order valence-corrected chi connectivity index (χ3v) is 10.1. The van der Waals surface area contributed by atoms with E-state index < -0.39 is 44.8 Å². The van der Waals surface area contributed by atoms with Crippen LogP contribution in [0.2, 0.25) is 5.02 Å². The summed E-state index contributed by atoms with van der Waals surface area (Å²) in [5.41, 5.74) is -6.11. The average Bonchev–Trinajstić information content (AvgIpc) is 3.66. The van der Waals surface area contributed by atoms with Crippen molar-refractivity contribution in [3.05, 3.63) is 87.9 Å². The SMILES string of the molecule is O=S(=O)(N[C@@H](c1cc2cccc(-c3cc(C(O)(C(F)(F)F)C(F)(F)F)ccn3)c2s1)c1ccccc1Cl)C1CC1. The summed E-state index contributed by atoms with van der Waals surface area (Å²) in [7, 11) is -3.70. The van der Waals surface area contributed by atoms with Crippen LogP contribution in [0, 0.1) is 0 Å². The lowest BCUT2D eigenvalue weighted by molar-refractivity contribution is -0.376. The van der Waals surface area contributed by atoms with Gasteiger partial charge in [0.1, 0.15) is 0 Å². The number of halogens is 7. The molecule has 0 saturated heterocycles. The first kappa shape index (κ1) is 28.8. The van der Waals surface area contributed by atoms with Gasteiger partial charge in [-0.1, -0.05) is 48.0 Å². The van der Waals surface area contributed by atoms with Gasteiger partial charge in [-0.3, -0.25) is 4.98 Å². The zero-order valence-electron chi connectivity index (χ0n) is 20.1. The van der Waals surface area contributed by atoms with Crippen molar-refractivity contribution in [1.29, 1.82) is 0 Å². The molecule has 2 heterocycles. The third kappa shape index (κ3) is 5.09. The Bertz CT molecular complexity index is 1670. The quantitative estimate of drug-likeness (QED) is 0.216. The van der Waals surface area contributed by atoms with E-state index in [1.807, 2.05) is 0 Å². The summed E-state index contributed by atoms with van der Waals surface area (Å²) < 4.78 is 110. The number of benzene rings is 2. The first-order valence-corrected chi connectivity index (χ1v) is 14.5. The number of hydrogen-bond acceptors (Lipinski definition) is 5. The van der Waals surface area contributed by atoms with Crippen molar-refractivity contribution in [2.75, 3.05) is 0 Å². The van der Waals surface area contributed by atoms with Gasteiger partial charge in [-0.2, -0.15) is 26.3 Å². The van der Waals surface area contributed by atoms with Crippen LogP contribution in [0.3, 0.4) is 0 Å². The molecule has 1 atom stereocenters. The van der Waals surface area contributed by atoms with Crippen molar-refractivity contribution >= 4 is 43.0 Å². The van der Waals surface area contributed by atoms with E-state index in [0.717, 1.165) is 17.5 Å². The number of alkyl halides is 6. The van der Waals surface area contributed by atoms with E-state index in [-0.39, 0.29) is 11.3 Å². The summed E-state index contributed by atoms with van der Waals surface area (Å²) >= 11 is 7.50. The van der Waals surface area contributed by atoms with Crippen molar-refractivity contribution < 1.29 is 39.9 Å². The van der Waals surface area contributed by atoms with Crippen LogP contribution in [0.25, 0.3) is 21.3 Å². The zero-order chi connectivity index (χ0) is 29.1. The summed E-state index contributed by atoms with van der Waals surface area (Å²) in [6, 6.07) is 13.1. The molecule has 1 fully saturated rings. The van der Waals surface area contributed by atoms with Gasteiger partial charge in [0, 0.05) is 31.9 Å². The van der Waals surface area contributed by atoms with E-state index in [1.54, 1.807) is 42.5 Å². The number of fused-ring (bicyclic) bond motifs is 1. The molecule has 14 heteroatoms. The van der Waals surface area contributed by atoms with Crippen LogP contribution in [0.4, 0.5) is 26.3 Å². The van der Waals surface area contributed by atoms with E-state index in [2.05, 4.69) is 9.71 Å². The van der Waals surface area contributed by atoms with E-state index in [1.165, 1.54) is 6.07 Å². The molecule has 0 aliphatic heterocycles. The molecule has 0 amide bonds. The average molecular weight is 621 g/mol. The fourth-order valence-electron chi connectivity index (χ4n) is 4.34. The Morgan fingerprint density at radius 3 is 2.27 bits per heavy atom. The van der Waals surface area contributed by atoms with Crippen LogP contribution in [-0.4, -0.2) is 36.1 Å². The fourth-order valence-corrected chi connectivity index (χ4v) is 7.44. The van der Waals surface area contributed by atoms with Gasteiger partial charge in [-0.05, 0) is 48.1 Å². The lowest BCUT2D eigenvalue weighted by Gasteiger charge is -2.32. The highest BCUT2D eigenvalue weighted by Crippen LogP contribution is 2.50. The molecule has 1 aliphatic rings. The largest absolute Gasteiger partial charge is 0.430 e. The van der Waals surface area contributed by atoms with Crippen molar-refractivity contribution in [3.63, 3.8) is 0 Å². The molecule has 5 nitrogen and oxygen atoms in total. The molecule has 2 N–H and O–H groups in total. The smallest absolute Gasteiger partial charge is 0.369 e. The van der Waals surface area contributed by atoms with Gasteiger partial charge in [-0.25, -0.2) is 13.1 Å². The summed E-state index contributed by atoms with van der Waals surface area (Å²) in [4.78, 5) is 4.48. The van der Waals surface area contributed by atoms with Crippen LogP contribution < -0.4 is 4.72 Å². The molecule has 5 rings (SSSR count). The maximum atomic E-state index is 13.5. The number of aliphatic hydroxyl groups is 1. The second kappa shape index (κ2) is 9.98. The van der Waals surface area contributed by atoms with E-state index in [9.17, 15) is 39.9 Å². The first-order valence-electron chi connectivity index (χ1n) is 11.7. The normalized spacial score (nSPS) is 15.9. The lowest BCUT2D eigenvalue weighted by atomic mass is 9.91. The van der Waals surface area contributed by atoms with Gasteiger partial charge in [0.15, 0.2) is 0 Å². The Labute approximate surface area is 233 Å². The highest BCUT2D eigenvalue weighted by molar-refractivity contribution is 7.90. The summed E-state index contributed by atoms with van der Waals surface area (Å²) in [5.74, 6) is 0. The number of aromatic nitrogens is 1. The van der Waals surface area contributed by atoms with Crippen molar-refractivity contribution in [2.24, 2.45) is 0 Å². The predicted octanol–water partition coefficient (Wildman–Crippen LogP) is 7.10. The number of rotatable bonds is 7. The van der Waals surface area contributed by atoms with Crippen LogP contribution in [0.5, 0.6) is 0 Å². The Morgan fingerprint density at radius 1 is 0.975 bits per heavy atom. The van der Waals surface area contributed by atoms with Crippen LogP contribution in [-0.2, 0) is 15.6 Å². The van der Waals surface area contributed by atoms with Crippen LogP contribution in [0.15, 0.2) is 66.9 Å². The highest BCUT2D eigenvalue weighted by atomic mass is 35.5. The minimum absolute atomic E-state index is 0.199. The Morgan fingerprint density at radius 2 is 1.65 bits per heavy atom. The maximum absolute atomic E-state index is 13.5. The Kier molecular flexibility index (Phi) is 7.19. The lowest BCUT2D eigenvalue weighted by Crippen LogP contribution is -2.53. The number of sulfonamides is 1. The van der Waals surface area contributed by atoms with Gasteiger partial charge < -0.3 is 5.11 Å². The number of nitrogens with zero attached hydrogens (tertiary/aromatic N) is 1. The van der Waals surface area contributed by atoms with E-state index in [4.69, 9.17) is 11.6 Å². The van der Waals surface area contributed by atoms with Crippen LogP contribution in [0.1, 0.15) is 34.9 Å². The van der Waals surface area contributed by atoms with Gasteiger partial charge in [0.2, 0.25) is 10.0 Å². The summed E-state index contributed by atoms with van der Waals surface area (Å²) in [6.07, 6.45) is -10.3. The summed E-state index contributed by atoms with van der Waals surface area (Å²) in [5, 5.41) is 10.2. The minimum Gasteiger partial charge on any atom is -0.369 e. The molecule has 1 aliphatic carbocycles. The molecule has 2 aromatic carbocycles. The fraction of sp³-hybridized carbons (Fsp3) is 0.269. The van der Waals surface area contributed by atoms with Crippen molar-refractivity contribution in [1.82, 2.24) is 9.71 Å². The highest BCUT2D eigenvalue weighted by Gasteiger charge is 2.71. The second-order valence-electron chi connectivity index (χ2n) is 9.33. The molecular weight excluding hydrogens is 602 g/mol. The molecular formula is C26H19ClF6N2O3S2. The molecule has 0 spiro atoms. The molecule has 4 aromatic rings. The molecule has 40 heavy (non-hydrogen) atoms. The van der Waals surface area contributed by atoms with E-state index >= 15 is 0 Å². The first-order chi connectivity index (χ1) is 18.6. The molecule has 0 bridgehead atoms. The topological polar surface area (TPSA) is 79.3 Å². The minimum atomic E-state index is -6.05. The number of hydrogen-bond donors (Lipinski definition) is 2. The van der Waals surface area contributed by atoms with Crippen molar-refractivity contribution in [3.8, 4) is 11.3 Å². The molecule has 2 aromatic heterocycles. The molecule has 212 valence electrons. The Hall–Kier alpha value is -2.71. The monoisotopic (exact) mass is 620 g/mol. The standard InChI is InChI=1S/C26H19ClF6N2O3S2/c27-19-7-2-1-5-17(19)22(35-40(37,38)16-8-9-16)21-12-14-4-3-6-18(23(14)39-21)20-13-15(10-11-34-20)24(36,25(28,29)30)26(31,32)33/h1-7,10-13,16,22,35-36H,8-9H2/t22-/m1/s1. The number of thiophene rings is 1. The van der Waals surface area contributed by atoms with Gasteiger partial charge in [0.25, 0.3) is 5.60 Å². The van der Waals surface area contributed by atoms with Gasteiger partial charge in [-0.15, -0.1) is 11.3 Å². The van der Waals surface area contributed by atoms with Crippen molar-refractivity contribution in [2.45, 2.75) is 42.1 Å². The maximum Gasteiger partial charge on any atom is 0.430 e. The molecule has 0 radical (unpaired) electrons. The number of nitrogens with one attached hydrogen (secondary N) is 1. The zero-order valence-corrected chi connectivity index (χ0v) is 22.5. The number of pyridine rings is 1. The van der Waals surface area contributed by atoms with Gasteiger partial charge in [0.05, 0.1) is 17.0 Å². The third-order valence-electron chi connectivity index (χ3n) is 6.58. The molecule has 1 saturated carbocycles. The predicted molar refractivity (Wildman–Crippen MR) is 139 cm³/mol. The van der Waals surface area contributed by atoms with Crippen LogP contribution >= 0.6 is 22.9 Å². The van der Waals surface area contributed by atoms with E-state index in [0.29, 0.717) is 50.5 Å².